The topological polar surface area (TPSA) is 94.7 Å². The number of carbonyl (C=O) groups excluding carboxylic acids is 1. The van der Waals surface area contributed by atoms with Crippen LogP contribution in [0.5, 0.6) is 5.75 Å². The predicted molar refractivity (Wildman–Crippen MR) is 146 cm³/mol. The van der Waals surface area contributed by atoms with Crippen molar-refractivity contribution in [3.8, 4) is 5.75 Å². The van der Waals surface area contributed by atoms with Crippen molar-refractivity contribution >= 4 is 34.7 Å². The maximum absolute atomic E-state index is 13.9. The number of carbonyl (C=O) groups is 1. The van der Waals surface area contributed by atoms with Crippen molar-refractivity contribution in [2.75, 3.05) is 28.6 Å². The van der Waals surface area contributed by atoms with E-state index in [0.29, 0.717) is 29.5 Å². The second-order valence-corrected chi connectivity index (χ2v) is 10.8. The summed E-state index contributed by atoms with van der Waals surface area (Å²) in [5, 5.41) is 7.98. The van der Waals surface area contributed by atoms with Gasteiger partial charge in [0.05, 0.1) is 16.9 Å². The molecule has 3 aliphatic rings. The quantitative estimate of drug-likeness (QED) is 0.297. The molecule has 0 spiro atoms. The zero-order chi connectivity index (χ0) is 29.8. The van der Waals surface area contributed by atoms with E-state index in [4.69, 9.17) is 4.74 Å². The van der Waals surface area contributed by atoms with Crippen LogP contribution in [0.25, 0.3) is 0 Å². The molecule has 0 saturated carbocycles. The Morgan fingerprint density at radius 2 is 1.88 bits per heavy atom. The summed E-state index contributed by atoms with van der Waals surface area (Å²) in [6, 6.07) is 10.5. The molecule has 222 valence electrons. The Labute approximate surface area is 238 Å². The molecule has 1 aromatic heterocycles. The van der Waals surface area contributed by atoms with Gasteiger partial charge >= 0.3 is 12.8 Å². The Morgan fingerprint density at radius 3 is 2.57 bits per heavy atom. The van der Waals surface area contributed by atoms with E-state index >= 15 is 0 Å². The second kappa shape index (κ2) is 10.6. The van der Waals surface area contributed by atoms with E-state index < -0.39 is 30.1 Å². The number of amides is 1. The average molecular weight is 590 g/mol. The molecule has 4 heterocycles. The SMILES string of the molecule is CC(C)N1C[C@@H]2C[C@H]1CN2c1ccc(Nc2ncc(C(F)(F)F)c(Nc3cccc4c3C(=O)NC4)n2)c(OC(F)F)c1. The summed E-state index contributed by atoms with van der Waals surface area (Å²) >= 11 is 0. The number of hydrogen-bond donors (Lipinski definition) is 3. The minimum atomic E-state index is -4.81. The summed E-state index contributed by atoms with van der Waals surface area (Å²) in [5.41, 5.74) is 0.580. The van der Waals surface area contributed by atoms with Crippen LogP contribution < -0.4 is 25.6 Å². The summed E-state index contributed by atoms with van der Waals surface area (Å²) in [7, 11) is 0. The van der Waals surface area contributed by atoms with Crippen molar-refractivity contribution in [1.82, 2.24) is 20.2 Å². The molecule has 0 aliphatic carbocycles. The fourth-order valence-corrected chi connectivity index (χ4v) is 6.01. The highest BCUT2D eigenvalue weighted by Gasteiger charge is 2.44. The number of hydrogen-bond acceptors (Lipinski definition) is 8. The van der Waals surface area contributed by atoms with Crippen molar-refractivity contribution in [3.05, 3.63) is 59.3 Å². The number of likely N-dealkylation sites (tertiary alicyclic amines) is 1. The third kappa shape index (κ3) is 5.26. The van der Waals surface area contributed by atoms with E-state index in [1.807, 2.05) is 0 Å². The van der Waals surface area contributed by atoms with Gasteiger partial charge in [0.2, 0.25) is 5.95 Å². The Morgan fingerprint density at radius 1 is 1.07 bits per heavy atom. The molecule has 14 heteroatoms. The molecule has 1 amide bonds. The van der Waals surface area contributed by atoms with Gasteiger partial charge in [-0.1, -0.05) is 12.1 Å². The van der Waals surface area contributed by atoms with Crippen molar-refractivity contribution < 1.29 is 31.5 Å². The normalized spacial score (nSPS) is 19.9. The van der Waals surface area contributed by atoms with Crippen LogP contribution in [-0.4, -0.2) is 58.6 Å². The third-order valence-corrected chi connectivity index (χ3v) is 7.87. The lowest BCUT2D eigenvalue weighted by atomic mass is 10.1. The number of aromatic nitrogens is 2. The number of anilines is 5. The standard InChI is InChI=1S/C28H28F5N7O2/c1-14(2)39-12-18-8-17(39)13-40(18)16-6-7-20(22(9-16)42-26(29)30)37-27-35-11-19(28(31,32)33)24(38-27)36-21-5-3-4-15-10-34-25(41)23(15)21/h3-7,9,11,14,17-18,26H,8,10,12-13H2,1-2H3,(H,34,41)(H2,35,36,37,38)/t17-,18-/m0/s1. The summed E-state index contributed by atoms with van der Waals surface area (Å²) in [6.07, 6.45) is -3.25. The molecule has 2 atom stereocenters. The molecule has 0 radical (unpaired) electrons. The zero-order valence-electron chi connectivity index (χ0n) is 22.7. The first-order valence-corrected chi connectivity index (χ1v) is 13.5. The highest BCUT2D eigenvalue weighted by Crippen LogP contribution is 2.41. The number of ether oxygens (including phenoxy) is 1. The highest BCUT2D eigenvalue weighted by atomic mass is 19.4. The molecule has 3 aromatic rings. The molecule has 2 saturated heterocycles. The van der Waals surface area contributed by atoms with Crippen LogP contribution in [0.1, 0.15) is 41.8 Å². The van der Waals surface area contributed by atoms with E-state index in [1.165, 1.54) is 18.2 Å². The molecule has 2 aromatic carbocycles. The zero-order valence-corrected chi connectivity index (χ0v) is 22.7. The van der Waals surface area contributed by atoms with Gasteiger partial charge in [0, 0.05) is 55.7 Å². The maximum atomic E-state index is 13.9. The monoisotopic (exact) mass is 589 g/mol. The van der Waals surface area contributed by atoms with Crippen molar-refractivity contribution in [2.45, 2.75) is 57.7 Å². The molecule has 9 nitrogen and oxygen atoms in total. The van der Waals surface area contributed by atoms with Gasteiger partial charge in [-0.05, 0) is 44.0 Å². The summed E-state index contributed by atoms with van der Waals surface area (Å²) in [5.74, 6) is -1.52. The van der Waals surface area contributed by atoms with Gasteiger partial charge in [0.25, 0.3) is 5.91 Å². The number of halogens is 5. The average Bonchev–Trinajstić information content (AvgIpc) is 3.64. The Hall–Kier alpha value is -4.20. The number of alkyl halides is 5. The van der Waals surface area contributed by atoms with Crippen LogP contribution in [0, 0.1) is 0 Å². The van der Waals surface area contributed by atoms with Crippen molar-refractivity contribution in [1.29, 1.82) is 0 Å². The fourth-order valence-electron chi connectivity index (χ4n) is 6.01. The minimum absolute atomic E-state index is 0.0536. The Balaban J connectivity index is 1.30. The number of rotatable bonds is 8. The van der Waals surface area contributed by atoms with Crippen LogP contribution >= 0.6 is 0 Å². The van der Waals surface area contributed by atoms with E-state index in [0.717, 1.165) is 19.5 Å². The van der Waals surface area contributed by atoms with Gasteiger partial charge in [0.15, 0.2) is 5.75 Å². The van der Waals surface area contributed by atoms with Crippen LogP contribution in [0.2, 0.25) is 0 Å². The molecular weight excluding hydrogens is 561 g/mol. The van der Waals surface area contributed by atoms with E-state index in [-0.39, 0.29) is 41.2 Å². The first-order chi connectivity index (χ1) is 20.0. The van der Waals surface area contributed by atoms with Gasteiger partial charge in [-0.25, -0.2) is 4.98 Å². The van der Waals surface area contributed by atoms with E-state index in [9.17, 15) is 26.7 Å². The van der Waals surface area contributed by atoms with Gasteiger partial charge in [-0.2, -0.15) is 26.9 Å². The van der Waals surface area contributed by atoms with Gasteiger partial charge in [-0.3, -0.25) is 9.69 Å². The summed E-state index contributed by atoms with van der Waals surface area (Å²) < 4.78 is 73.2. The second-order valence-electron chi connectivity index (χ2n) is 10.8. The molecule has 2 bridgehead atoms. The Kier molecular flexibility index (Phi) is 7.03. The number of nitrogens with one attached hydrogen (secondary N) is 3. The van der Waals surface area contributed by atoms with Crippen molar-refractivity contribution in [3.63, 3.8) is 0 Å². The van der Waals surface area contributed by atoms with Gasteiger partial charge in [0.1, 0.15) is 11.4 Å². The van der Waals surface area contributed by atoms with Gasteiger partial charge in [-0.15, -0.1) is 0 Å². The first-order valence-electron chi connectivity index (χ1n) is 13.5. The number of nitrogens with zero attached hydrogens (tertiary/aromatic N) is 4. The van der Waals surface area contributed by atoms with E-state index in [1.54, 1.807) is 18.2 Å². The number of fused-ring (bicyclic) bond motifs is 3. The lowest BCUT2D eigenvalue weighted by Gasteiger charge is -2.37. The third-order valence-electron chi connectivity index (χ3n) is 7.87. The lowest BCUT2D eigenvalue weighted by Crippen LogP contribution is -2.48. The first kappa shape index (κ1) is 27.9. The molecule has 3 N–H and O–H groups in total. The predicted octanol–water partition coefficient (Wildman–Crippen LogP) is 5.50. The molecule has 6 rings (SSSR count). The van der Waals surface area contributed by atoms with Crippen LogP contribution in [-0.2, 0) is 12.7 Å². The maximum Gasteiger partial charge on any atom is 0.421 e. The molecule has 3 aliphatic heterocycles. The Bertz CT molecular complexity index is 1520. The highest BCUT2D eigenvalue weighted by molar-refractivity contribution is 6.04. The van der Waals surface area contributed by atoms with Crippen LogP contribution in [0.15, 0.2) is 42.6 Å². The smallest absolute Gasteiger partial charge is 0.421 e. The largest absolute Gasteiger partial charge is 0.433 e. The van der Waals surface area contributed by atoms with Crippen LogP contribution in [0.3, 0.4) is 0 Å². The fraction of sp³-hybridized carbons (Fsp3) is 0.393. The number of piperazine rings is 1. The summed E-state index contributed by atoms with van der Waals surface area (Å²) in [4.78, 5) is 24.7. The molecule has 0 unspecified atom stereocenters. The number of benzene rings is 2. The van der Waals surface area contributed by atoms with Crippen LogP contribution in [0.4, 0.5) is 50.8 Å². The minimum Gasteiger partial charge on any atom is -0.433 e. The molecule has 2 fully saturated rings. The lowest BCUT2D eigenvalue weighted by molar-refractivity contribution is -0.137. The molecule has 42 heavy (non-hydrogen) atoms. The molecular formula is C28H28F5N7O2. The van der Waals surface area contributed by atoms with E-state index in [2.05, 4.69) is 49.6 Å². The van der Waals surface area contributed by atoms with Gasteiger partial charge < -0.3 is 25.6 Å². The van der Waals surface area contributed by atoms with Crippen molar-refractivity contribution in [2.24, 2.45) is 0 Å². The summed E-state index contributed by atoms with van der Waals surface area (Å²) in [6.45, 7) is 3.03.